The van der Waals surface area contributed by atoms with Crippen LogP contribution in [0.25, 0.3) is 0 Å². The molecule has 1 aromatic rings. The summed E-state index contributed by atoms with van der Waals surface area (Å²) < 4.78 is 48.3. The number of aryl methyl sites for hydroxylation is 2. The van der Waals surface area contributed by atoms with Crippen molar-refractivity contribution in [2.75, 3.05) is 0 Å². The van der Waals surface area contributed by atoms with Gasteiger partial charge in [-0.3, -0.25) is 0 Å². The van der Waals surface area contributed by atoms with Crippen molar-refractivity contribution >= 4 is 0 Å². The van der Waals surface area contributed by atoms with Crippen molar-refractivity contribution in [2.45, 2.75) is 72.6 Å². The first-order valence-corrected chi connectivity index (χ1v) is 7.49. The SMILES string of the molecule is CC.Cc1nc(C)c(F)c(OC2CCCCC2)n1.FC(F)F. The lowest BCUT2D eigenvalue weighted by molar-refractivity contribution is 0.00819. The lowest BCUT2D eigenvalue weighted by atomic mass is 9.98. The Morgan fingerprint density at radius 1 is 1.00 bits per heavy atom. The van der Waals surface area contributed by atoms with Gasteiger partial charge >= 0.3 is 6.68 Å². The quantitative estimate of drug-likeness (QED) is 0.706. The van der Waals surface area contributed by atoms with Gasteiger partial charge in [0, 0.05) is 0 Å². The van der Waals surface area contributed by atoms with Crippen LogP contribution in [0.15, 0.2) is 0 Å². The Bertz CT molecular complexity index is 421. The van der Waals surface area contributed by atoms with E-state index in [-0.39, 0.29) is 12.0 Å². The summed E-state index contributed by atoms with van der Waals surface area (Å²) >= 11 is 0. The minimum atomic E-state index is -3.67. The molecule has 3 nitrogen and oxygen atoms in total. The van der Waals surface area contributed by atoms with Gasteiger partial charge in [-0.1, -0.05) is 20.3 Å². The number of alkyl halides is 3. The predicted molar refractivity (Wildman–Crippen MR) is 77.4 cm³/mol. The first-order chi connectivity index (χ1) is 10.4. The van der Waals surface area contributed by atoms with E-state index in [1.54, 1.807) is 13.8 Å². The summed E-state index contributed by atoms with van der Waals surface area (Å²) in [4.78, 5) is 7.98. The molecule has 1 aliphatic rings. The molecular formula is C15H24F4N2O. The van der Waals surface area contributed by atoms with Crippen LogP contribution < -0.4 is 4.74 Å². The average molecular weight is 324 g/mol. The molecule has 1 heterocycles. The van der Waals surface area contributed by atoms with E-state index in [0.717, 1.165) is 25.7 Å². The maximum Gasteiger partial charge on any atom is 0.379 e. The third kappa shape index (κ3) is 8.14. The maximum atomic E-state index is 13.7. The van der Waals surface area contributed by atoms with Crippen LogP contribution in [0.4, 0.5) is 17.6 Å². The Morgan fingerprint density at radius 2 is 1.50 bits per heavy atom. The second kappa shape index (κ2) is 11.2. The summed E-state index contributed by atoms with van der Waals surface area (Å²) in [6, 6.07) is 0. The first kappa shape index (κ1) is 20.6. The summed E-state index contributed by atoms with van der Waals surface area (Å²) in [6.45, 7) is 3.72. The zero-order chi connectivity index (χ0) is 17.1. The Morgan fingerprint density at radius 3 is 2.00 bits per heavy atom. The molecule has 7 heteroatoms. The normalized spacial score (nSPS) is 14.6. The fourth-order valence-electron chi connectivity index (χ4n) is 2.09. The van der Waals surface area contributed by atoms with Crippen LogP contribution in [0.2, 0.25) is 0 Å². The zero-order valence-electron chi connectivity index (χ0n) is 13.5. The molecule has 0 amide bonds. The van der Waals surface area contributed by atoms with Crippen molar-refractivity contribution in [2.24, 2.45) is 0 Å². The van der Waals surface area contributed by atoms with Crippen LogP contribution in [-0.4, -0.2) is 22.8 Å². The highest BCUT2D eigenvalue weighted by atomic mass is 19.4. The van der Waals surface area contributed by atoms with Crippen molar-refractivity contribution < 1.29 is 22.3 Å². The molecule has 0 bridgehead atoms. The molecule has 0 atom stereocenters. The minimum Gasteiger partial charge on any atom is -0.472 e. The standard InChI is InChI=1S/C12H17FN2O.C2H6.CHF3/c1-8-11(13)12(15-9(2)14-8)16-10-6-4-3-5-7-10;1-2;2-1(3)4/h10H,3-7H2,1-2H3;1-2H3;1H. The molecule has 0 saturated heterocycles. The second-order valence-electron chi connectivity index (χ2n) is 4.60. The summed E-state index contributed by atoms with van der Waals surface area (Å²) in [5.41, 5.74) is 0.360. The van der Waals surface area contributed by atoms with Gasteiger partial charge in [0.25, 0.3) is 5.88 Å². The van der Waals surface area contributed by atoms with Crippen molar-refractivity contribution in [3.63, 3.8) is 0 Å². The minimum absolute atomic E-state index is 0.122. The molecule has 0 radical (unpaired) electrons. The Balaban J connectivity index is 0.000000640. The number of hydrogen-bond donors (Lipinski definition) is 0. The van der Waals surface area contributed by atoms with E-state index in [2.05, 4.69) is 9.97 Å². The molecule has 0 unspecified atom stereocenters. The molecule has 0 aliphatic heterocycles. The highest BCUT2D eigenvalue weighted by Gasteiger charge is 2.19. The molecular weight excluding hydrogens is 300 g/mol. The summed E-state index contributed by atoms with van der Waals surface area (Å²) in [7, 11) is 0. The van der Waals surface area contributed by atoms with Crippen molar-refractivity contribution in [1.29, 1.82) is 0 Å². The molecule has 1 aliphatic carbocycles. The van der Waals surface area contributed by atoms with E-state index in [9.17, 15) is 17.6 Å². The number of aromatic nitrogens is 2. The van der Waals surface area contributed by atoms with Crippen LogP contribution >= 0.6 is 0 Å². The molecule has 0 aromatic carbocycles. The van der Waals surface area contributed by atoms with Crippen LogP contribution in [-0.2, 0) is 0 Å². The van der Waals surface area contributed by atoms with E-state index >= 15 is 0 Å². The molecule has 1 saturated carbocycles. The van der Waals surface area contributed by atoms with Crippen LogP contribution in [0.3, 0.4) is 0 Å². The van der Waals surface area contributed by atoms with Crippen molar-refractivity contribution in [3.8, 4) is 5.88 Å². The van der Waals surface area contributed by atoms with Gasteiger partial charge in [0.1, 0.15) is 11.9 Å². The second-order valence-corrected chi connectivity index (χ2v) is 4.60. The molecule has 0 N–H and O–H groups in total. The number of nitrogens with zero attached hydrogens (tertiary/aromatic N) is 2. The van der Waals surface area contributed by atoms with Gasteiger partial charge in [0.05, 0.1) is 5.69 Å². The lowest BCUT2D eigenvalue weighted by Crippen LogP contribution is -2.21. The van der Waals surface area contributed by atoms with Crippen molar-refractivity contribution in [1.82, 2.24) is 9.97 Å². The Hall–Kier alpha value is -1.40. The van der Waals surface area contributed by atoms with Crippen molar-refractivity contribution in [3.05, 3.63) is 17.3 Å². The molecule has 1 aromatic heterocycles. The van der Waals surface area contributed by atoms with Gasteiger partial charge < -0.3 is 4.74 Å². The highest BCUT2D eigenvalue weighted by molar-refractivity contribution is 5.18. The first-order valence-electron chi connectivity index (χ1n) is 7.49. The Labute approximate surface area is 129 Å². The largest absolute Gasteiger partial charge is 0.472 e. The summed E-state index contributed by atoms with van der Waals surface area (Å²) in [6.07, 6.45) is 5.70. The van der Waals surface area contributed by atoms with Gasteiger partial charge in [-0.15, -0.1) is 0 Å². The van der Waals surface area contributed by atoms with Crippen LogP contribution in [0.1, 0.15) is 57.5 Å². The van der Waals surface area contributed by atoms with E-state index in [1.807, 2.05) is 13.8 Å². The topological polar surface area (TPSA) is 35.0 Å². The average Bonchev–Trinajstić information content (AvgIpc) is 2.47. The monoisotopic (exact) mass is 324 g/mol. The van der Waals surface area contributed by atoms with Gasteiger partial charge in [0.15, 0.2) is 0 Å². The van der Waals surface area contributed by atoms with E-state index < -0.39 is 12.5 Å². The third-order valence-electron chi connectivity index (χ3n) is 2.93. The Kier molecular flexibility index (Phi) is 10.5. The third-order valence-corrected chi connectivity index (χ3v) is 2.93. The van der Waals surface area contributed by atoms with E-state index in [4.69, 9.17) is 4.74 Å². The van der Waals surface area contributed by atoms with E-state index in [0.29, 0.717) is 11.5 Å². The molecule has 0 spiro atoms. The zero-order valence-corrected chi connectivity index (χ0v) is 13.5. The van der Waals surface area contributed by atoms with E-state index in [1.165, 1.54) is 6.42 Å². The van der Waals surface area contributed by atoms with Crippen LogP contribution in [0.5, 0.6) is 5.88 Å². The lowest BCUT2D eigenvalue weighted by Gasteiger charge is -2.22. The van der Waals surface area contributed by atoms with Gasteiger partial charge in [0.2, 0.25) is 5.82 Å². The molecule has 2 rings (SSSR count). The van der Waals surface area contributed by atoms with Crippen LogP contribution in [0, 0.1) is 19.7 Å². The molecule has 22 heavy (non-hydrogen) atoms. The van der Waals surface area contributed by atoms with Gasteiger partial charge in [-0.2, -0.15) is 22.5 Å². The fourth-order valence-corrected chi connectivity index (χ4v) is 2.09. The number of ether oxygens (including phenoxy) is 1. The summed E-state index contributed by atoms with van der Waals surface area (Å²) in [5.74, 6) is 0.262. The predicted octanol–water partition coefficient (Wildman–Crippen LogP) is 5.15. The van der Waals surface area contributed by atoms with Gasteiger partial charge in [-0.25, -0.2) is 4.98 Å². The number of halogens is 4. The maximum absolute atomic E-state index is 13.7. The highest BCUT2D eigenvalue weighted by Crippen LogP contribution is 2.24. The summed E-state index contributed by atoms with van der Waals surface area (Å²) in [5, 5.41) is 0. The fraction of sp³-hybridized carbons (Fsp3) is 0.733. The number of rotatable bonds is 2. The molecule has 1 fully saturated rings. The smallest absolute Gasteiger partial charge is 0.379 e. The molecule has 128 valence electrons. The van der Waals surface area contributed by atoms with Gasteiger partial charge in [-0.05, 0) is 39.5 Å². The number of hydrogen-bond acceptors (Lipinski definition) is 3.